The van der Waals surface area contributed by atoms with Gasteiger partial charge in [0.1, 0.15) is 6.54 Å². The van der Waals surface area contributed by atoms with Gasteiger partial charge in [0, 0.05) is 28.3 Å². The van der Waals surface area contributed by atoms with Crippen LogP contribution in [0.2, 0.25) is 5.02 Å². The fraction of sp³-hybridized carbons (Fsp3) is 0.250. The predicted octanol–water partition coefficient (Wildman–Crippen LogP) is 3.63. The van der Waals surface area contributed by atoms with Gasteiger partial charge in [-0.15, -0.1) is 10.2 Å². The van der Waals surface area contributed by atoms with E-state index in [4.69, 9.17) is 16.6 Å². The molecule has 0 radical (unpaired) electrons. The first-order chi connectivity index (χ1) is 14.0. The van der Waals surface area contributed by atoms with Gasteiger partial charge in [-0.3, -0.25) is 24.6 Å². The third-order valence-electron chi connectivity index (χ3n) is 4.94. The van der Waals surface area contributed by atoms with E-state index in [0.29, 0.717) is 35.2 Å². The van der Waals surface area contributed by atoms with E-state index in [-0.39, 0.29) is 5.69 Å². The van der Waals surface area contributed by atoms with Crippen molar-refractivity contribution in [3.05, 3.63) is 80.4 Å². The van der Waals surface area contributed by atoms with Gasteiger partial charge in [0.25, 0.3) is 5.69 Å². The minimum Gasteiger partial charge on any atom is -0.299 e. The molecule has 1 aromatic heterocycles. The molecule has 0 saturated carbocycles. The Bertz CT molecular complexity index is 1120. The number of aromatic nitrogens is 3. The van der Waals surface area contributed by atoms with Crippen LogP contribution in [0.4, 0.5) is 5.69 Å². The minimum atomic E-state index is -0.408. The van der Waals surface area contributed by atoms with Crippen molar-refractivity contribution >= 4 is 23.0 Å². The second kappa shape index (κ2) is 7.73. The highest BCUT2D eigenvalue weighted by Gasteiger charge is 2.26. The number of nitro benzene ring substituents is 1. The zero-order valence-corrected chi connectivity index (χ0v) is 16.8. The minimum absolute atomic E-state index is 0.00717. The second-order valence-electron chi connectivity index (χ2n) is 6.80. The molecule has 1 aliphatic heterocycles. The lowest BCUT2D eigenvalue weighted by Crippen LogP contribution is -2.20. The largest absolute Gasteiger partial charge is 0.299 e. The van der Waals surface area contributed by atoms with Crippen LogP contribution in [-0.4, -0.2) is 43.9 Å². The van der Waals surface area contributed by atoms with Crippen molar-refractivity contribution in [2.45, 2.75) is 20.0 Å². The monoisotopic (exact) mass is 410 g/mol. The number of aliphatic imine (C=N–C) groups is 1. The molecule has 0 saturated heterocycles. The van der Waals surface area contributed by atoms with Crippen LogP contribution < -0.4 is 0 Å². The highest BCUT2D eigenvalue weighted by molar-refractivity contribution is 6.35. The Morgan fingerprint density at radius 2 is 2.00 bits per heavy atom. The van der Waals surface area contributed by atoms with E-state index >= 15 is 0 Å². The molecule has 0 bridgehead atoms. The molecular weight excluding hydrogens is 392 g/mol. The second-order valence-corrected chi connectivity index (χ2v) is 7.21. The normalized spacial score (nSPS) is 12.9. The summed E-state index contributed by atoms with van der Waals surface area (Å²) in [4.78, 5) is 17.9. The van der Waals surface area contributed by atoms with Gasteiger partial charge in [0.15, 0.2) is 11.6 Å². The Balaban J connectivity index is 1.95. The molecule has 148 valence electrons. The summed E-state index contributed by atoms with van der Waals surface area (Å²) in [6, 6.07) is 12.1. The molecule has 0 N–H and O–H groups in total. The third kappa shape index (κ3) is 3.52. The van der Waals surface area contributed by atoms with Crippen molar-refractivity contribution in [3.8, 4) is 5.69 Å². The summed E-state index contributed by atoms with van der Waals surface area (Å²) in [5, 5.41) is 20.6. The van der Waals surface area contributed by atoms with Gasteiger partial charge in [-0.05, 0) is 25.7 Å². The Kier molecular flexibility index (Phi) is 5.12. The van der Waals surface area contributed by atoms with E-state index in [1.807, 2.05) is 29.8 Å². The van der Waals surface area contributed by atoms with Gasteiger partial charge >= 0.3 is 0 Å². The van der Waals surface area contributed by atoms with Gasteiger partial charge in [-0.1, -0.05) is 36.7 Å². The molecule has 9 heteroatoms. The van der Waals surface area contributed by atoms with Crippen LogP contribution >= 0.6 is 11.6 Å². The van der Waals surface area contributed by atoms with Crippen LogP contribution in [0, 0.1) is 10.1 Å². The number of hydrogen-bond donors (Lipinski definition) is 0. The number of non-ortho nitro benzene ring substituents is 1. The van der Waals surface area contributed by atoms with Crippen molar-refractivity contribution in [2.24, 2.45) is 4.99 Å². The van der Waals surface area contributed by atoms with Gasteiger partial charge < -0.3 is 0 Å². The summed E-state index contributed by atoms with van der Waals surface area (Å²) in [7, 11) is 2.00. The summed E-state index contributed by atoms with van der Waals surface area (Å²) in [6.07, 6.45) is 0. The summed E-state index contributed by atoms with van der Waals surface area (Å²) in [6.45, 7) is 3.82. The number of nitro groups is 1. The van der Waals surface area contributed by atoms with Gasteiger partial charge in [0.05, 0.1) is 22.9 Å². The van der Waals surface area contributed by atoms with Crippen LogP contribution in [0.25, 0.3) is 5.69 Å². The van der Waals surface area contributed by atoms with Gasteiger partial charge in [-0.2, -0.15) is 0 Å². The maximum Gasteiger partial charge on any atom is 0.270 e. The first-order valence-electron chi connectivity index (χ1n) is 9.19. The lowest BCUT2D eigenvalue weighted by Gasteiger charge is -2.17. The van der Waals surface area contributed by atoms with E-state index in [1.54, 1.807) is 18.2 Å². The molecule has 29 heavy (non-hydrogen) atoms. The van der Waals surface area contributed by atoms with Crippen molar-refractivity contribution in [1.82, 2.24) is 19.7 Å². The van der Waals surface area contributed by atoms with E-state index in [9.17, 15) is 10.1 Å². The first kappa shape index (κ1) is 19.2. The molecule has 4 rings (SSSR count). The molecule has 0 aliphatic carbocycles. The van der Waals surface area contributed by atoms with E-state index in [1.165, 1.54) is 6.07 Å². The molecule has 0 fully saturated rings. The van der Waals surface area contributed by atoms with Crippen molar-refractivity contribution < 1.29 is 4.92 Å². The molecular formula is C20H19ClN6O2. The number of rotatable bonds is 5. The van der Waals surface area contributed by atoms with Crippen molar-refractivity contribution in [2.75, 3.05) is 13.6 Å². The number of fused-ring (bicyclic) bond motifs is 3. The molecule has 0 spiro atoms. The van der Waals surface area contributed by atoms with E-state index in [2.05, 4.69) is 22.0 Å². The Hall–Kier alpha value is -3.10. The van der Waals surface area contributed by atoms with Gasteiger partial charge in [0.2, 0.25) is 0 Å². The molecule has 3 aromatic rings. The number of benzene rings is 2. The maximum absolute atomic E-state index is 11.4. The van der Waals surface area contributed by atoms with Crippen LogP contribution in [0.5, 0.6) is 0 Å². The van der Waals surface area contributed by atoms with Crippen molar-refractivity contribution in [3.63, 3.8) is 0 Å². The zero-order valence-electron chi connectivity index (χ0n) is 16.0. The molecule has 0 amide bonds. The van der Waals surface area contributed by atoms with Crippen LogP contribution in [0.15, 0.2) is 47.5 Å². The fourth-order valence-electron chi connectivity index (χ4n) is 3.33. The summed E-state index contributed by atoms with van der Waals surface area (Å²) in [5.41, 5.74) is 2.71. The first-order valence-corrected chi connectivity index (χ1v) is 9.57. The number of hydrogen-bond acceptors (Lipinski definition) is 6. The summed E-state index contributed by atoms with van der Waals surface area (Å²) >= 11 is 6.43. The maximum atomic E-state index is 11.4. The quantitative estimate of drug-likeness (QED) is 0.473. The fourth-order valence-corrected chi connectivity index (χ4v) is 3.56. The van der Waals surface area contributed by atoms with Crippen LogP contribution in [-0.2, 0) is 13.1 Å². The molecule has 2 aromatic carbocycles. The lowest BCUT2D eigenvalue weighted by atomic mass is 9.99. The number of halogens is 1. The third-order valence-corrected chi connectivity index (χ3v) is 5.27. The highest BCUT2D eigenvalue weighted by atomic mass is 35.5. The zero-order chi connectivity index (χ0) is 20.5. The molecule has 0 atom stereocenters. The predicted molar refractivity (Wildman–Crippen MR) is 111 cm³/mol. The summed E-state index contributed by atoms with van der Waals surface area (Å²) < 4.78 is 1.94. The molecule has 1 aliphatic rings. The Morgan fingerprint density at radius 3 is 2.72 bits per heavy atom. The van der Waals surface area contributed by atoms with E-state index < -0.39 is 4.92 Å². The number of nitrogens with zero attached hydrogens (tertiary/aromatic N) is 6. The topological polar surface area (TPSA) is 89.5 Å². The van der Waals surface area contributed by atoms with Crippen molar-refractivity contribution in [1.29, 1.82) is 0 Å². The highest BCUT2D eigenvalue weighted by Crippen LogP contribution is 2.31. The van der Waals surface area contributed by atoms with Crippen LogP contribution in [0.3, 0.4) is 0 Å². The van der Waals surface area contributed by atoms with E-state index in [0.717, 1.165) is 23.6 Å². The Labute approximate surface area is 172 Å². The standard InChI is InChI=1S/C20H19ClN6O2/c1-3-25(2)12-19-24-23-18-11-22-20(14-6-4-5-7-16(14)21)15-10-13(27(28)29)8-9-17(15)26(18)19/h4-10H,3,11-12H2,1-2H3. The molecule has 8 nitrogen and oxygen atoms in total. The molecule has 2 heterocycles. The average molecular weight is 411 g/mol. The van der Waals surface area contributed by atoms with Gasteiger partial charge in [-0.25, -0.2) is 0 Å². The average Bonchev–Trinajstić information content (AvgIpc) is 3.03. The SMILES string of the molecule is CCN(C)Cc1nnc2n1-c1ccc([N+](=O)[O-])cc1C(c1ccccc1Cl)=NC2. The molecule has 0 unspecified atom stereocenters. The van der Waals surface area contributed by atoms with Crippen LogP contribution in [0.1, 0.15) is 29.7 Å². The lowest BCUT2D eigenvalue weighted by molar-refractivity contribution is -0.384. The smallest absolute Gasteiger partial charge is 0.270 e. The summed E-state index contributed by atoms with van der Waals surface area (Å²) in [5.74, 6) is 1.44. The Morgan fingerprint density at radius 1 is 1.21 bits per heavy atom.